The van der Waals surface area contributed by atoms with Crippen molar-refractivity contribution < 1.29 is 9.53 Å². The Kier molecular flexibility index (Phi) is 6.23. The van der Waals surface area contributed by atoms with Crippen molar-refractivity contribution in [2.45, 2.75) is 19.3 Å². The fourth-order valence-electron chi connectivity index (χ4n) is 1.51. The summed E-state index contributed by atoms with van der Waals surface area (Å²) in [6.45, 7) is 0. The van der Waals surface area contributed by atoms with Crippen LogP contribution in [0.3, 0.4) is 0 Å². The molecule has 0 saturated heterocycles. The van der Waals surface area contributed by atoms with Gasteiger partial charge in [-0.2, -0.15) is 5.26 Å². The Hall–Kier alpha value is -1.54. The van der Waals surface area contributed by atoms with Crippen molar-refractivity contribution in [2.24, 2.45) is 0 Å². The zero-order valence-electron chi connectivity index (χ0n) is 10.2. The summed E-state index contributed by atoms with van der Waals surface area (Å²) < 4.78 is 5.14. The maximum absolute atomic E-state index is 11.7. The largest absolute Gasteiger partial charge is 0.495 e. The number of amides is 1. The van der Waals surface area contributed by atoms with Crippen molar-refractivity contribution in [1.29, 1.82) is 5.26 Å². The quantitative estimate of drug-likeness (QED) is 0.649. The minimum Gasteiger partial charge on any atom is -0.495 e. The third kappa shape index (κ3) is 4.04. The summed E-state index contributed by atoms with van der Waals surface area (Å²) in [6, 6.07) is 7.13. The molecule has 0 aromatic heterocycles. The van der Waals surface area contributed by atoms with E-state index in [0.717, 1.165) is 18.2 Å². The molecule has 0 atom stereocenters. The van der Waals surface area contributed by atoms with Crippen molar-refractivity contribution in [3.63, 3.8) is 0 Å². The first-order valence-electron chi connectivity index (χ1n) is 5.65. The fourth-order valence-corrected chi connectivity index (χ4v) is 1.90. The number of unbranched alkanes of at least 4 members (excludes halogenated alkanes) is 1. The van der Waals surface area contributed by atoms with E-state index in [1.165, 1.54) is 7.11 Å². The minimum atomic E-state index is -0.100. The SMILES string of the molecule is COc1cccc(C#N)c1NC(=O)CCCCBr. The zero-order valence-corrected chi connectivity index (χ0v) is 11.8. The van der Waals surface area contributed by atoms with Gasteiger partial charge in [-0.3, -0.25) is 4.79 Å². The van der Waals surface area contributed by atoms with Gasteiger partial charge in [-0.25, -0.2) is 0 Å². The number of methoxy groups -OCH3 is 1. The number of para-hydroxylation sites is 1. The van der Waals surface area contributed by atoms with Gasteiger partial charge in [0.1, 0.15) is 17.5 Å². The molecule has 0 spiro atoms. The second-order valence-corrected chi connectivity index (χ2v) is 4.48. The van der Waals surface area contributed by atoms with Gasteiger partial charge in [0, 0.05) is 11.8 Å². The Morgan fingerprint density at radius 1 is 1.50 bits per heavy atom. The molecule has 96 valence electrons. The van der Waals surface area contributed by atoms with Gasteiger partial charge < -0.3 is 10.1 Å². The van der Waals surface area contributed by atoms with Crippen molar-refractivity contribution in [1.82, 2.24) is 0 Å². The first-order chi connectivity index (χ1) is 8.72. The molecule has 0 heterocycles. The average Bonchev–Trinajstić information content (AvgIpc) is 2.39. The number of hydrogen-bond donors (Lipinski definition) is 1. The summed E-state index contributed by atoms with van der Waals surface area (Å²) >= 11 is 3.32. The van der Waals surface area contributed by atoms with Crippen LogP contribution in [0.15, 0.2) is 18.2 Å². The van der Waals surface area contributed by atoms with Gasteiger partial charge in [-0.05, 0) is 25.0 Å². The van der Waals surface area contributed by atoms with Crippen molar-refractivity contribution >= 4 is 27.5 Å². The van der Waals surface area contributed by atoms with Crippen LogP contribution in [0.25, 0.3) is 0 Å². The highest BCUT2D eigenvalue weighted by Crippen LogP contribution is 2.27. The molecule has 0 radical (unpaired) electrons. The summed E-state index contributed by atoms with van der Waals surface area (Å²) in [5.74, 6) is 0.403. The molecular weight excluding hydrogens is 296 g/mol. The van der Waals surface area contributed by atoms with E-state index in [0.29, 0.717) is 23.4 Å². The summed E-state index contributed by atoms with van der Waals surface area (Å²) in [4.78, 5) is 11.7. The van der Waals surface area contributed by atoms with Crippen LogP contribution in [-0.4, -0.2) is 18.3 Å². The summed E-state index contributed by atoms with van der Waals surface area (Å²) in [5.41, 5.74) is 0.856. The Morgan fingerprint density at radius 3 is 2.89 bits per heavy atom. The van der Waals surface area contributed by atoms with Gasteiger partial charge in [0.2, 0.25) is 5.91 Å². The molecule has 1 amide bonds. The third-order valence-corrected chi connectivity index (χ3v) is 2.98. The molecule has 0 unspecified atom stereocenters. The average molecular weight is 311 g/mol. The Bertz CT molecular complexity index is 455. The Morgan fingerprint density at radius 2 is 2.28 bits per heavy atom. The molecule has 0 bridgehead atoms. The monoisotopic (exact) mass is 310 g/mol. The molecule has 18 heavy (non-hydrogen) atoms. The van der Waals surface area contributed by atoms with Crippen molar-refractivity contribution in [3.8, 4) is 11.8 Å². The van der Waals surface area contributed by atoms with E-state index in [1.807, 2.05) is 6.07 Å². The summed E-state index contributed by atoms with van der Waals surface area (Å²) in [7, 11) is 1.51. The van der Waals surface area contributed by atoms with Gasteiger partial charge in [0.15, 0.2) is 0 Å². The maximum atomic E-state index is 11.7. The number of anilines is 1. The molecule has 0 saturated carbocycles. The number of rotatable bonds is 6. The number of nitriles is 1. The summed E-state index contributed by atoms with van der Waals surface area (Å²) in [6.07, 6.45) is 2.20. The number of carbonyl (C=O) groups excluding carboxylic acids is 1. The van der Waals surface area contributed by atoms with Crippen molar-refractivity contribution in [2.75, 3.05) is 17.8 Å². The number of benzene rings is 1. The maximum Gasteiger partial charge on any atom is 0.224 e. The molecule has 0 aliphatic heterocycles. The van der Waals surface area contributed by atoms with Gasteiger partial charge >= 0.3 is 0 Å². The molecule has 1 aromatic rings. The third-order valence-electron chi connectivity index (χ3n) is 2.42. The van der Waals surface area contributed by atoms with Crippen LogP contribution in [-0.2, 0) is 4.79 Å². The van der Waals surface area contributed by atoms with Gasteiger partial charge in [-0.1, -0.05) is 22.0 Å². The van der Waals surface area contributed by atoms with Crippen LogP contribution in [0.1, 0.15) is 24.8 Å². The highest BCUT2D eigenvalue weighted by atomic mass is 79.9. The van der Waals surface area contributed by atoms with Crippen LogP contribution in [0.5, 0.6) is 5.75 Å². The molecule has 5 heteroatoms. The Labute approximate surface area is 115 Å². The van der Waals surface area contributed by atoms with E-state index >= 15 is 0 Å². The van der Waals surface area contributed by atoms with Crippen LogP contribution in [0.4, 0.5) is 5.69 Å². The summed E-state index contributed by atoms with van der Waals surface area (Å²) in [5, 5.41) is 12.6. The van der Waals surface area contributed by atoms with Gasteiger partial charge in [0.05, 0.1) is 12.7 Å². The van der Waals surface area contributed by atoms with Crippen LogP contribution < -0.4 is 10.1 Å². The van der Waals surface area contributed by atoms with Crippen LogP contribution in [0.2, 0.25) is 0 Å². The molecule has 0 aliphatic rings. The lowest BCUT2D eigenvalue weighted by atomic mass is 10.1. The lowest BCUT2D eigenvalue weighted by Gasteiger charge is -2.11. The number of ether oxygens (including phenoxy) is 1. The van der Waals surface area contributed by atoms with Gasteiger partial charge in [-0.15, -0.1) is 0 Å². The Balaban J connectivity index is 2.77. The molecule has 0 fully saturated rings. The number of halogens is 1. The smallest absolute Gasteiger partial charge is 0.224 e. The molecule has 1 aromatic carbocycles. The number of alkyl halides is 1. The highest BCUT2D eigenvalue weighted by molar-refractivity contribution is 9.09. The number of nitrogens with one attached hydrogen (secondary N) is 1. The molecular formula is C13H15BrN2O2. The minimum absolute atomic E-state index is 0.100. The standard InChI is InChI=1S/C13H15BrN2O2/c1-18-11-6-4-5-10(9-15)13(11)16-12(17)7-2-3-8-14/h4-6H,2-3,7-8H2,1H3,(H,16,17). The normalized spacial score (nSPS) is 9.61. The van der Waals surface area contributed by atoms with Crippen molar-refractivity contribution in [3.05, 3.63) is 23.8 Å². The lowest BCUT2D eigenvalue weighted by Crippen LogP contribution is -2.13. The molecule has 1 N–H and O–H groups in total. The zero-order chi connectivity index (χ0) is 13.4. The van der Waals surface area contributed by atoms with E-state index in [9.17, 15) is 4.79 Å². The van der Waals surface area contributed by atoms with Crippen LogP contribution in [0, 0.1) is 11.3 Å². The van der Waals surface area contributed by atoms with E-state index in [2.05, 4.69) is 21.2 Å². The van der Waals surface area contributed by atoms with Crippen LogP contribution >= 0.6 is 15.9 Å². The number of carbonyl (C=O) groups is 1. The lowest BCUT2D eigenvalue weighted by molar-refractivity contribution is -0.116. The number of hydrogen-bond acceptors (Lipinski definition) is 3. The highest BCUT2D eigenvalue weighted by Gasteiger charge is 2.11. The fraction of sp³-hybridized carbons (Fsp3) is 0.385. The van der Waals surface area contributed by atoms with E-state index in [1.54, 1.807) is 18.2 Å². The van der Waals surface area contributed by atoms with Gasteiger partial charge in [0.25, 0.3) is 0 Å². The van der Waals surface area contributed by atoms with E-state index in [4.69, 9.17) is 10.00 Å². The first-order valence-corrected chi connectivity index (χ1v) is 6.78. The molecule has 0 aliphatic carbocycles. The molecule has 4 nitrogen and oxygen atoms in total. The second kappa shape index (κ2) is 7.72. The predicted molar refractivity (Wildman–Crippen MR) is 74.0 cm³/mol. The predicted octanol–water partition coefficient (Wildman–Crippen LogP) is 3.07. The number of nitrogens with zero attached hydrogens (tertiary/aromatic N) is 1. The van der Waals surface area contributed by atoms with E-state index < -0.39 is 0 Å². The topological polar surface area (TPSA) is 62.1 Å². The second-order valence-electron chi connectivity index (χ2n) is 3.69. The first kappa shape index (κ1) is 14.5. The molecule has 1 rings (SSSR count). The van der Waals surface area contributed by atoms with E-state index in [-0.39, 0.29) is 5.91 Å².